The number of hydrogen-bond acceptors (Lipinski definition) is 0. The van der Waals surface area contributed by atoms with Crippen molar-refractivity contribution >= 4 is 31.5 Å². The molecule has 3 aromatic carbocycles. The Labute approximate surface area is 145 Å². The molecule has 0 aromatic heterocycles. The minimum atomic E-state index is -2.04. The lowest BCUT2D eigenvalue weighted by Crippen LogP contribution is -2.26. The fraction of sp³-hybridized carbons (Fsp3) is 0.100. The zero-order valence-corrected chi connectivity index (χ0v) is 15.7. The molecule has 120 valence electrons. The second-order valence-electron chi connectivity index (χ2n) is 5.67. The first-order valence-electron chi connectivity index (χ1n) is 7.90. The van der Waals surface area contributed by atoms with Gasteiger partial charge in [0.25, 0.3) is 0 Å². The monoisotopic (exact) mass is 351 g/mol. The molecule has 0 saturated carbocycles. The topological polar surface area (TPSA) is 17.3 Å². The van der Waals surface area contributed by atoms with Gasteiger partial charge in [-0.1, -0.05) is 58.8 Å². The van der Waals surface area contributed by atoms with Crippen LogP contribution in [0.3, 0.4) is 0 Å². The summed E-state index contributed by atoms with van der Waals surface area (Å²) in [4.78, 5) is 0. The summed E-state index contributed by atoms with van der Waals surface area (Å²) >= 11 is 0. The summed E-state index contributed by atoms with van der Waals surface area (Å²) in [5.41, 5.74) is 0. The molecule has 0 aliphatic heterocycles. The van der Waals surface area contributed by atoms with Crippen molar-refractivity contribution in [3.8, 4) is 0 Å². The van der Waals surface area contributed by atoms with E-state index in [1.54, 1.807) is 0 Å². The summed E-state index contributed by atoms with van der Waals surface area (Å²) in [5.74, 6) is 0. The lowest BCUT2D eigenvalue weighted by Gasteiger charge is -2.14. The highest BCUT2D eigenvalue weighted by Gasteiger charge is 2.37. The average Bonchev–Trinajstić information content (AvgIpc) is 2.65. The Balaban J connectivity index is 2.45. The van der Waals surface area contributed by atoms with Gasteiger partial charge in [-0.05, 0) is 36.4 Å². The van der Waals surface area contributed by atoms with E-state index in [-0.39, 0.29) is 0 Å². The smallest absolute Gasteiger partial charge is 0.193 e. The van der Waals surface area contributed by atoms with E-state index in [9.17, 15) is 0 Å². The first-order valence-corrected chi connectivity index (χ1v) is 10.4. The summed E-state index contributed by atoms with van der Waals surface area (Å²) in [6.07, 6.45) is 0. The van der Waals surface area contributed by atoms with Crippen molar-refractivity contribution < 1.29 is 0 Å². The van der Waals surface area contributed by atoms with E-state index < -0.39 is 7.05 Å². The molecule has 0 fully saturated rings. The maximum absolute atomic E-state index is 5.27. The molecule has 2 nitrogen and oxygen atoms in total. The fourth-order valence-corrected chi connectivity index (χ4v) is 7.74. The molecule has 0 bridgehead atoms. The summed E-state index contributed by atoms with van der Waals surface area (Å²) in [7, 11) is 3.05. The van der Waals surface area contributed by atoms with Crippen LogP contribution in [0, 0.1) is 0 Å². The average molecular weight is 351 g/mol. The van der Waals surface area contributed by atoms with E-state index in [2.05, 4.69) is 110 Å². The van der Waals surface area contributed by atoms with Crippen LogP contribution in [0.4, 0.5) is 0 Å². The Morgan fingerprint density at radius 3 is 1.25 bits per heavy atom. The van der Waals surface area contributed by atoms with Crippen LogP contribution in [0.1, 0.15) is 0 Å². The Bertz CT molecular complexity index is 766. The van der Waals surface area contributed by atoms with Gasteiger partial charge in [-0.15, -0.1) is 0 Å². The summed E-state index contributed by atoms with van der Waals surface area (Å²) < 4.78 is 7.38. The molecule has 0 aliphatic rings. The third-order valence-electron chi connectivity index (χ3n) is 3.74. The van der Waals surface area contributed by atoms with E-state index in [4.69, 9.17) is 4.17 Å². The van der Waals surface area contributed by atoms with Gasteiger partial charge in [0.05, 0.1) is 15.9 Å². The SMILES string of the molecule is CN(C)P=[N+]=P(c1ccccc1)(c1ccccc1)c1ccccc1. The van der Waals surface area contributed by atoms with Crippen molar-refractivity contribution in [2.75, 3.05) is 14.1 Å². The predicted octanol–water partition coefficient (Wildman–Crippen LogP) is 3.84. The van der Waals surface area contributed by atoms with Crippen LogP contribution in [0.15, 0.2) is 91.0 Å². The predicted molar refractivity (Wildman–Crippen MR) is 108 cm³/mol. The molecule has 0 radical (unpaired) electrons. The zero-order chi connectivity index (χ0) is 16.8. The highest BCUT2D eigenvalue weighted by atomic mass is 31.2. The molecule has 3 aromatic rings. The molecule has 0 spiro atoms. The number of benzene rings is 3. The van der Waals surface area contributed by atoms with Crippen LogP contribution < -0.4 is 20.1 Å². The van der Waals surface area contributed by atoms with Crippen LogP contribution >= 0.6 is 15.6 Å². The highest BCUT2D eigenvalue weighted by Crippen LogP contribution is 2.42. The maximum Gasteiger partial charge on any atom is 0.451 e. The van der Waals surface area contributed by atoms with Gasteiger partial charge in [0, 0.05) is 14.1 Å². The molecule has 0 unspecified atom stereocenters. The van der Waals surface area contributed by atoms with Gasteiger partial charge < -0.3 is 0 Å². The fourth-order valence-electron chi connectivity index (χ4n) is 2.67. The Morgan fingerprint density at radius 1 is 0.625 bits per heavy atom. The molecule has 0 heterocycles. The molecule has 0 amide bonds. The van der Waals surface area contributed by atoms with Gasteiger partial charge in [0.1, 0.15) is 0 Å². The van der Waals surface area contributed by atoms with Gasteiger partial charge in [-0.25, -0.2) is 0 Å². The van der Waals surface area contributed by atoms with Crippen molar-refractivity contribution in [3.05, 3.63) is 91.0 Å². The molecule has 0 atom stereocenters. The second-order valence-corrected chi connectivity index (χ2v) is 10.2. The maximum atomic E-state index is 5.27. The minimum absolute atomic E-state index is 0.977. The molecule has 0 aliphatic carbocycles. The van der Waals surface area contributed by atoms with E-state index in [1.165, 1.54) is 15.9 Å². The lowest BCUT2D eigenvalue weighted by molar-refractivity contribution is 0.696. The summed E-state index contributed by atoms with van der Waals surface area (Å²) in [5, 5.41) is 3.87. The van der Waals surface area contributed by atoms with Crippen molar-refractivity contribution in [2.24, 2.45) is 0 Å². The molecular weight excluding hydrogens is 330 g/mol. The Morgan fingerprint density at radius 2 is 0.958 bits per heavy atom. The minimum Gasteiger partial charge on any atom is -0.193 e. The zero-order valence-electron chi connectivity index (χ0n) is 13.9. The number of nitrogens with zero attached hydrogens (tertiary/aromatic N) is 2. The highest BCUT2D eigenvalue weighted by molar-refractivity contribution is 7.87. The van der Waals surface area contributed by atoms with Crippen molar-refractivity contribution in [3.63, 3.8) is 0 Å². The van der Waals surface area contributed by atoms with E-state index in [0.717, 1.165) is 8.52 Å². The molecule has 0 saturated heterocycles. The van der Waals surface area contributed by atoms with Crippen LogP contribution in [0.5, 0.6) is 0 Å². The third kappa shape index (κ3) is 3.44. The van der Waals surface area contributed by atoms with Gasteiger partial charge in [-0.3, -0.25) is 0 Å². The Hall–Kier alpha value is -1.94. The molecule has 0 N–H and O–H groups in total. The summed E-state index contributed by atoms with van der Waals surface area (Å²) in [6.45, 7) is 0. The van der Waals surface area contributed by atoms with Crippen molar-refractivity contribution in [1.29, 1.82) is 0 Å². The van der Waals surface area contributed by atoms with E-state index >= 15 is 0 Å². The number of rotatable bonds is 4. The largest absolute Gasteiger partial charge is 0.451 e. The number of hydrogen-bond donors (Lipinski definition) is 0. The summed E-state index contributed by atoms with van der Waals surface area (Å²) in [6, 6.07) is 32.1. The quantitative estimate of drug-likeness (QED) is 0.516. The van der Waals surface area contributed by atoms with Gasteiger partial charge in [0.15, 0.2) is 0 Å². The van der Waals surface area contributed by atoms with Crippen LogP contribution in [-0.4, -0.2) is 18.8 Å². The standard InChI is InChI=1S/C20H21N2P2/c1-22(2)23-21-24(18-12-6-3-7-13-18,19-14-8-4-9-15-19)20-16-10-5-11-17-20/h3-17H,1-2H3/q+1. The Kier molecular flexibility index (Phi) is 5.46. The first-order chi connectivity index (χ1) is 11.7. The molecule has 24 heavy (non-hydrogen) atoms. The van der Waals surface area contributed by atoms with Gasteiger partial charge in [-0.2, -0.15) is 4.67 Å². The molecular formula is C20H21N2P2+. The van der Waals surface area contributed by atoms with Crippen LogP contribution in [-0.2, 0) is 0 Å². The van der Waals surface area contributed by atoms with Gasteiger partial charge in [0.2, 0.25) is 0 Å². The second kappa shape index (κ2) is 7.75. The van der Waals surface area contributed by atoms with Crippen molar-refractivity contribution in [2.45, 2.75) is 0 Å². The molecule has 3 rings (SSSR count). The lowest BCUT2D eigenvalue weighted by atomic mass is 10.4. The normalized spacial score (nSPS) is 11.5. The van der Waals surface area contributed by atoms with E-state index in [1.807, 2.05) is 0 Å². The van der Waals surface area contributed by atoms with E-state index in [0.29, 0.717) is 0 Å². The van der Waals surface area contributed by atoms with Gasteiger partial charge >= 0.3 is 15.6 Å². The van der Waals surface area contributed by atoms with Crippen LogP contribution in [0.25, 0.3) is 0 Å². The van der Waals surface area contributed by atoms with Crippen molar-refractivity contribution in [1.82, 2.24) is 8.84 Å². The first kappa shape index (κ1) is 16.9. The third-order valence-corrected chi connectivity index (χ3v) is 8.63. The van der Waals surface area contributed by atoms with Crippen LogP contribution in [0.2, 0.25) is 0 Å². The molecule has 4 heteroatoms.